The number of amides is 1. The van der Waals surface area contributed by atoms with Gasteiger partial charge in [-0.2, -0.15) is 0 Å². The number of carbonyl (C=O) groups is 1. The van der Waals surface area contributed by atoms with Crippen LogP contribution in [-0.4, -0.2) is 20.9 Å². The molecule has 2 aromatic carbocycles. The normalized spacial score (nSPS) is 11.2. The summed E-state index contributed by atoms with van der Waals surface area (Å²) in [6.07, 6.45) is 0.0942. The highest BCUT2D eigenvalue weighted by Crippen LogP contribution is 2.10. The number of benzene rings is 2. The molecule has 0 aliphatic rings. The predicted molar refractivity (Wildman–Crippen MR) is 94.0 cm³/mol. The summed E-state index contributed by atoms with van der Waals surface area (Å²) in [6.45, 7) is 4.53. The van der Waals surface area contributed by atoms with Crippen LogP contribution in [0.2, 0.25) is 0 Å². The molecule has 0 radical (unpaired) electrons. The molecular formula is C18H22N2O3S. The Morgan fingerprint density at radius 3 is 2.42 bits per heavy atom. The minimum absolute atomic E-state index is 0.0654. The molecule has 0 aromatic heterocycles. The van der Waals surface area contributed by atoms with Gasteiger partial charge in [0.25, 0.3) is 0 Å². The molecule has 2 aromatic rings. The molecule has 0 spiro atoms. The molecule has 24 heavy (non-hydrogen) atoms. The molecule has 0 bridgehead atoms. The summed E-state index contributed by atoms with van der Waals surface area (Å²) in [6, 6.07) is 14.2. The van der Waals surface area contributed by atoms with Crippen molar-refractivity contribution >= 4 is 15.9 Å². The Hall–Kier alpha value is -2.18. The van der Waals surface area contributed by atoms with Gasteiger partial charge in [-0.1, -0.05) is 42.0 Å². The molecule has 2 rings (SSSR count). The fourth-order valence-corrected chi connectivity index (χ4v) is 3.36. The van der Waals surface area contributed by atoms with Crippen LogP contribution in [0.3, 0.4) is 0 Å². The van der Waals surface area contributed by atoms with Crippen LogP contribution in [0.15, 0.2) is 53.4 Å². The molecule has 128 valence electrons. The van der Waals surface area contributed by atoms with E-state index in [0.717, 1.165) is 11.1 Å². The second-order valence-corrected chi connectivity index (χ2v) is 7.43. The highest BCUT2D eigenvalue weighted by molar-refractivity contribution is 7.89. The third-order valence-electron chi connectivity index (χ3n) is 3.67. The SMILES string of the molecule is Cc1ccc(CNC(=O)CCNS(=O)(=O)c2ccccc2)c(C)c1. The van der Waals surface area contributed by atoms with E-state index in [0.29, 0.717) is 6.54 Å². The lowest BCUT2D eigenvalue weighted by Crippen LogP contribution is -2.30. The van der Waals surface area contributed by atoms with Crippen LogP contribution in [-0.2, 0) is 21.4 Å². The Labute approximate surface area is 143 Å². The van der Waals surface area contributed by atoms with Crippen molar-refractivity contribution in [2.75, 3.05) is 6.54 Å². The molecule has 0 aliphatic carbocycles. The number of rotatable bonds is 7. The van der Waals surface area contributed by atoms with Crippen molar-refractivity contribution in [3.63, 3.8) is 0 Å². The summed E-state index contributed by atoms with van der Waals surface area (Å²) in [4.78, 5) is 12.1. The van der Waals surface area contributed by atoms with E-state index in [1.165, 1.54) is 17.7 Å². The predicted octanol–water partition coefficient (Wildman–Crippen LogP) is 2.29. The molecule has 1 amide bonds. The van der Waals surface area contributed by atoms with E-state index in [1.54, 1.807) is 18.2 Å². The van der Waals surface area contributed by atoms with Gasteiger partial charge in [0.1, 0.15) is 0 Å². The molecule has 6 heteroatoms. The maximum Gasteiger partial charge on any atom is 0.240 e. The molecule has 0 unspecified atom stereocenters. The van der Waals surface area contributed by atoms with Crippen molar-refractivity contribution in [3.05, 3.63) is 65.2 Å². The summed E-state index contributed by atoms with van der Waals surface area (Å²) in [5.41, 5.74) is 3.36. The van der Waals surface area contributed by atoms with Crippen molar-refractivity contribution in [1.29, 1.82) is 0 Å². The van der Waals surface area contributed by atoms with Gasteiger partial charge in [-0.05, 0) is 37.1 Å². The first-order valence-corrected chi connectivity index (χ1v) is 9.24. The number of hydrogen-bond acceptors (Lipinski definition) is 3. The van der Waals surface area contributed by atoms with Gasteiger partial charge in [0.05, 0.1) is 4.90 Å². The molecule has 2 N–H and O–H groups in total. The molecular weight excluding hydrogens is 324 g/mol. The highest BCUT2D eigenvalue weighted by Gasteiger charge is 2.13. The number of hydrogen-bond donors (Lipinski definition) is 2. The lowest BCUT2D eigenvalue weighted by atomic mass is 10.1. The Bertz CT molecular complexity index is 802. The molecule has 0 fully saturated rings. The lowest BCUT2D eigenvalue weighted by Gasteiger charge is -2.10. The second kappa shape index (κ2) is 8.08. The minimum atomic E-state index is -3.56. The van der Waals surface area contributed by atoms with Crippen molar-refractivity contribution in [3.8, 4) is 0 Å². The molecule has 0 saturated carbocycles. The highest BCUT2D eigenvalue weighted by atomic mass is 32.2. The smallest absolute Gasteiger partial charge is 0.240 e. The number of sulfonamides is 1. The van der Waals surface area contributed by atoms with Crippen molar-refractivity contribution in [1.82, 2.24) is 10.0 Å². The number of carbonyl (C=O) groups excluding carboxylic acids is 1. The third kappa shape index (κ3) is 5.18. The Morgan fingerprint density at radius 2 is 1.75 bits per heavy atom. The fourth-order valence-electron chi connectivity index (χ4n) is 2.31. The van der Waals surface area contributed by atoms with E-state index in [-0.39, 0.29) is 23.8 Å². The van der Waals surface area contributed by atoms with Crippen LogP contribution in [0.5, 0.6) is 0 Å². The zero-order valence-electron chi connectivity index (χ0n) is 13.9. The van der Waals surface area contributed by atoms with Crippen molar-refractivity contribution < 1.29 is 13.2 Å². The quantitative estimate of drug-likeness (QED) is 0.808. The Kier molecular flexibility index (Phi) is 6.11. The van der Waals surface area contributed by atoms with Gasteiger partial charge in [-0.25, -0.2) is 13.1 Å². The summed E-state index contributed by atoms with van der Waals surface area (Å²) < 4.78 is 26.5. The average Bonchev–Trinajstić information content (AvgIpc) is 2.55. The largest absolute Gasteiger partial charge is 0.352 e. The van der Waals surface area contributed by atoms with E-state index in [9.17, 15) is 13.2 Å². The van der Waals surface area contributed by atoms with Crippen LogP contribution in [0.4, 0.5) is 0 Å². The monoisotopic (exact) mass is 346 g/mol. The molecule has 0 heterocycles. The maximum atomic E-state index is 12.0. The van der Waals surface area contributed by atoms with Gasteiger partial charge in [0.15, 0.2) is 0 Å². The summed E-state index contributed by atoms with van der Waals surface area (Å²) in [5.74, 6) is -0.189. The molecule has 0 atom stereocenters. The van der Waals surface area contributed by atoms with Crippen LogP contribution in [0.1, 0.15) is 23.1 Å². The summed E-state index contributed by atoms with van der Waals surface area (Å²) in [5, 5.41) is 2.81. The van der Waals surface area contributed by atoms with Gasteiger partial charge in [0.2, 0.25) is 15.9 Å². The van der Waals surface area contributed by atoms with Crippen LogP contribution in [0.25, 0.3) is 0 Å². The first-order valence-electron chi connectivity index (χ1n) is 7.76. The summed E-state index contributed by atoms with van der Waals surface area (Å²) >= 11 is 0. The number of nitrogens with one attached hydrogen (secondary N) is 2. The van der Waals surface area contributed by atoms with Crippen LogP contribution in [0, 0.1) is 13.8 Å². The topological polar surface area (TPSA) is 75.3 Å². The van der Waals surface area contributed by atoms with Crippen molar-refractivity contribution in [2.45, 2.75) is 31.7 Å². The minimum Gasteiger partial charge on any atom is -0.352 e. The fraction of sp³-hybridized carbons (Fsp3) is 0.278. The summed E-state index contributed by atoms with van der Waals surface area (Å²) in [7, 11) is -3.56. The van der Waals surface area contributed by atoms with E-state index < -0.39 is 10.0 Å². The number of aryl methyl sites for hydroxylation is 2. The zero-order chi connectivity index (χ0) is 17.6. The van der Waals surface area contributed by atoms with E-state index in [4.69, 9.17) is 0 Å². The maximum absolute atomic E-state index is 12.0. The standard InChI is InChI=1S/C18H22N2O3S/c1-14-8-9-16(15(2)12-14)13-19-18(21)10-11-20-24(22,23)17-6-4-3-5-7-17/h3-9,12,20H,10-11,13H2,1-2H3,(H,19,21). The molecule has 0 aliphatic heterocycles. The van der Waals surface area contributed by atoms with Crippen LogP contribution >= 0.6 is 0 Å². The zero-order valence-corrected chi connectivity index (χ0v) is 14.7. The second-order valence-electron chi connectivity index (χ2n) is 5.67. The van der Waals surface area contributed by atoms with Gasteiger partial charge >= 0.3 is 0 Å². The van der Waals surface area contributed by atoms with E-state index >= 15 is 0 Å². The van der Waals surface area contributed by atoms with Crippen molar-refractivity contribution in [2.24, 2.45) is 0 Å². The van der Waals surface area contributed by atoms with Gasteiger partial charge in [-0.15, -0.1) is 0 Å². The Morgan fingerprint density at radius 1 is 1.04 bits per heavy atom. The molecule has 0 saturated heterocycles. The average molecular weight is 346 g/mol. The van der Waals surface area contributed by atoms with E-state index in [1.807, 2.05) is 26.0 Å². The van der Waals surface area contributed by atoms with Crippen LogP contribution < -0.4 is 10.0 Å². The first kappa shape index (κ1) is 18.2. The lowest BCUT2D eigenvalue weighted by molar-refractivity contribution is -0.121. The van der Waals surface area contributed by atoms with Gasteiger partial charge in [-0.3, -0.25) is 4.79 Å². The Balaban J connectivity index is 1.79. The van der Waals surface area contributed by atoms with E-state index in [2.05, 4.69) is 16.1 Å². The first-order chi connectivity index (χ1) is 11.4. The van der Waals surface area contributed by atoms with Gasteiger partial charge in [0, 0.05) is 19.5 Å². The van der Waals surface area contributed by atoms with Gasteiger partial charge < -0.3 is 5.32 Å². The molecule has 5 nitrogen and oxygen atoms in total. The third-order valence-corrected chi connectivity index (χ3v) is 5.15.